The molecule has 2 amide bonds. The quantitative estimate of drug-likeness (QED) is 0.410. The normalized spacial score (nSPS) is 16.2. The van der Waals surface area contributed by atoms with Gasteiger partial charge in [-0.1, -0.05) is 24.3 Å². The Morgan fingerprint density at radius 3 is 2.64 bits per heavy atom. The summed E-state index contributed by atoms with van der Waals surface area (Å²) in [5.41, 5.74) is 11.8. The lowest BCUT2D eigenvalue weighted by Crippen LogP contribution is -2.42. The molecule has 0 radical (unpaired) electrons. The molecule has 2 aliphatic heterocycles. The molecule has 6 rings (SSSR count). The highest BCUT2D eigenvalue weighted by atomic mass is 16.7. The predicted molar refractivity (Wildman–Crippen MR) is 147 cm³/mol. The molecular formula is C29H28N6O4. The van der Waals surface area contributed by atoms with E-state index in [-0.39, 0.29) is 11.8 Å². The maximum absolute atomic E-state index is 13.7. The molecule has 10 heteroatoms. The van der Waals surface area contributed by atoms with Crippen LogP contribution < -0.4 is 21.0 Å². The van der Waals surface area contributed by atoms with Gasteiger partial charge in [-0.25, -0.2) is 0 Å². The van der Waals surface area contributed by atoms with Gasteiger partial charge in [0.05, 0.1) is 23.6 Å². The Morgan fingerprint density at radius 1 is 1.08 bits per heavy atom. The molecule has 0 fully saturated rings. The van der Waals surface area contributed by atoms with Gasteiger partial charge in [0, 0.05) is 55.3 Å². The van der Waals surface area contributed by atoms with Crippen molar-refractivity contribution in [3.8, 4) is 0 Å². The molecule has 1 unspecified atom stereocenters. The number of fused-ring (bicyclic) bond motifs is 3. The van der Waals surface area contributed by atoms with Gasteiger partial charge in [0.1, 0.15) is 5.69 Å². The van der Waals surface area contributed by atoms with Crippen LogP contribution in [0.15, 0.2) is 60.8 Å². The van der Waals surface area contributed by atoms with Gasteiger partial charge in [0.25, 0.3) is 5.91 Å². The van der Waals surface area contributed by atoms with Crippen molar-refractivity contribution in [1.82, 2.24) is 9.55 Å². The molecule has 3 N–H and O–H groups in total. The monoisotopic (exact) mass is 524 g/mol. The Balaban J connectivity index is 1.46. The third-order valence-corrected chi connectivity index (χ3v) is 7.20. The number of para-hydroxylation sites is 1. The fourth-order valence-electron chi connectivity index (χ4n) is 5.52. The maximum atomic E-state index is 13.7. The second-order valence-corrected chi connectivity index (χ2v) is 9.77. The molecule has 2 aromatic heterocycles. The predicted octanol–water partition coefficient (Wildman–Crippen LogP) is 3.43. The highest BCUT2D eigenvalue weighted by Crippen LogP contribution is 2.45. The molecule has 0 saturated heterocycles. The molecule has 1 atom stereocenters. The van der Waals surface area contributed by atoms with E-state index in [4.69, 9.17) is 10.6 Å². The first-order chi connectivity index (χ1) is 18.8. The van der Waals surface area contributed by atoms with E-state index in [2.05, 4.69) is 10.3 Å². The number of hydroxylamine groups is 1. The minimum absolute atomic E-state index is 0.0650. The zero-order valence-corrected chi connectivity index (χ0v) is 21.7. The number of aromatic nitrogens is 2. The van der Waals surface area contributed by atoms with Crippen LogP contribution in [-0.2, 0) is 38.7 Å². The topological polar surface area (TPSA) is 123 Å². The minimum atomic E-state index is -0.931. The average Bonchev–Trinajstić information content (AvgIpc) is 3.49. The van der Waals surface area contributed by atoms with Crippen molar-refractivity contribution < 1.29 is 19.2 Å². The number of anilines is 3. The van der Waals surface area contributed by atoms with Crippen molar-refractivity contribution in [2.45, 2.75) is 39.4 Å². The Morgan fingerprint density at radius 2 is 1.87 bits per heavy atom. The van der Waals surface area contributed by atoms with Crippen LogP contribution in [0.5, 0.6) is 0 Å². The minimum Gasteiger partial charge on any atom is -0.341 e. The zero-order valence-electron chi connectivity index (χ0n) is 21.7. The third kappa shape index (κ3) is 4.28. The zero-order chi connectivity index (χ0) is 27.3. The first-order valence-corrected chi connectivity index (χ1v) is 12.8. The largest absolute Gasteiger partial charge is 0.341 e. The number of pyridine rings is 1. The van der Waals surface area contributed by atoms with Gasteiger partial charge in [0.15, 0.2) is 6.04 Å². The highest BCUT2D eigenvalue weighted by Gasteiger charge is 2.40. The van der Waals surface area contributed by atoms with Crippen molar-refractivity contribution >= 4 is 45.7 Å². The van der Waals surface area contributed by atoms with Crippen LogP contribution in [0.3, 0.4) is 0 Å². The first-order valence-electron chi connectivity index (χ1n) is 12.8. The smallest absolute Gasteiger partial charge is 0.329 e. The summed E-state index contributed by atoms with van der Waals surface area (Å²) in [7, 11) is 0. The highest BCUT2D eigenvalue weighted by molar-refractivity contribution is 6.07. The number of carbonyl (C=O) groups is 3. The summed E-state index contributed by atoms with van der Waals surface area (Å²) in [6, 6.07) is 16.3. The SMILES string of the molecule is CC(=O)ON1c2cc3c(cc2NC(=O)C1c1cn(Cc2cccc(CN)n2)c2ccccc12)N(C(C)=O)CC3. The molecule has 0 bridgehead atoms. The number of benzene rings is 2. The molecule has 10 nitrogen and oxygen atoms in total. The van der Waals surface area contributed by atoms with Crippen LogP contribution in [0.1, 0.15) is 42.4 Å². The van der Waals surface area contributed by atoms with Gasteiger partial charge < -0.3 is 25.4 Å². The van der Waals surface area contributed by atoms with Gasteiger partial charge >= 0.3 is 5.97 Å². The number of hydrogen-bond acceptors (Lipinski definition) is 7. The number of nitrogens with one attached hydrogen (secondary N) is 1. The van der Waals surface area contributed by atoms with E-state index in [0.717, 1.165) is 33.5 Å². The lowest BCUT2D eigenvalue weighted by molar-refractivity contribution is -0.144. The van der Waals surface area contributed by atoms with Crippen LogP contribution in [-0.4, -0.2) is 33.9 Å². The third-order valence-electron chi connectivity index (χ3n) is 7.20. The fraction of sp³-hybridized carbons (Fsp3) is 0.241. The van der Waals surface area contributed by atoms with Gasteiger partial charge in [-0.15, -0.1) is 0 Å². The molecule has 2 aromatic carbocycles. The number of rotatable bonds is 5. The van der Waals surface area contributed by atoms with E-state index in [1.807, 2.05) is 59.3 Å². The van der Waals surface area contributed by atoms with Crippen molar-refractivity contribution in [3.63, 3.8) is 0 Å². The number of amides is 2. The number of carbonyl (C=O) groups excluding carboxylic acids is 3. The molecule has 4 heterocycles. The summed E-state index contributed by atoms with van der Waals surface area (Å²) in [5.74, 6) is -0.954. The van der Waals surface area contributed by atoms with Crippen molar-refractivity contribution in [2.75, 3.05) is 21.8 Å². The molecule has 39 heavy (non-hydrogen) atoms. The second-order valence-electron chi connectivity index (χ2n) is 9.77. The van der Waals surface area contributed by atoms with E-state index in [1.54, 1.807) is 11.0 Å². The standard InChI is InChI=1S/C29H28N6O4/c1-17(36)34-11-10-19-12-27-24(13-26(19)34)32-29(38)28(35(27)39-18(2)37)23-16-33(25-9-4-3-8-22(23)25)15-21-7-5-6-20(14-30)31-21/h3-9,12-13,16,28H,10-11,14-15,30H2,1-2H3,(H,32,38). The van der Waals surface area contributed by atoms with Crippen molar-refractivity contribution in [2.24, 2.45) is 5.73 Å². The number of nitrogens with zero attached hydrogens (tertiary/aromatic N) is 4. The molecule has 4 aromatic rings. The lowest BCUT2D eigenvalue weighted by atomic mass is 10.00. The summed E-state index contributed by atoms with van der Waals surface area (Å²) >= 11 is 0. The van der Waals surface area contributed by atoms with E-state index in [0.29, 0.717) is 43.0 Å². The van der Waals surface area contributed by atoms with Crippen LogP contribution in [0.25, 0.3) is 10.9 Å². The molecule has 0 spiro atoms. The summed E-state index contributed by atoms with van der Waals surface area (Å²) in [5, 5.41) is 5.25. The Bertz CT molecular complexity index is 1640. The molecule has 0 aliphatic carbocycles. The maximum Gasteiger partial charge on any atom is 0.329 e. The van der Waals surface area contributed by atoms with Gasteiger partial charge in [-0.3, -0.25) is 19.4 Å². The summed E-state index contributed by atoms with van der Waals surface area (Å²) in [6.07, 6.45) is 2.58. The Kier molecular flexibility index (Phi) is 6.03. The van der Waals surface area contributed by atoms with Gasteiger partial charge in [-0.05, 0) is 42.3 Å². The Labute approximate surface area is 224 Å². The van der Waals surface area contributed by atoms with E-state index < -0.39 is 12.0 Å². The Hall–Kier alpha value is -4.70. The summed E-state index contributed by atoms with van der Waals surface area (Å²) in [6.45, 7) is 4.21. The average molecular weight is 525 g/mol. The van der Waals surface area contributed by atoms with Crippen LogP contribution in [0.4, 0.5) is 17.1 Å². The fourth-order valence-corrected chi connectivity index (χ4v) is 5.52. The lowest BCUT2D eigenvalue weighted by Gasteiger charge is -2.36. The summed E-state index contributed by atoms with van der Waals surface area (Å²) in [4.78, 5) is 50.1. The van der Waals surface area contributed by atoms with Crippen LogP contribution >= 0.6 is 0 Å². The second kappa shape index (κ2) is 9.55. The van der Waals surface area contributed by atoms with Crippen LogP contribution in [0, 0.1) is 0 Å². The van der Waals surface area contributed by atoms with Gasteiger partial charge in [-0.2, -0.15) is 5.06 Å². The number of hydrogen-bond donors (Lipinski definition) is 2. The summed E-state index contributed by atoms with van der Waals surface area (Å²) < 4.78 is 2.04. The van der Waals surface area contributed by atoms with E-state index in [9.17, 15) is 14.4 Å². The van der Waals surface area contributed by atoms with Crippen molar-refractivity contribution in [3.05, 3.63) is 83.3 Å². The molecule has 0 saturated carbocycles. The van der Waals surface area contributed by atoms with Crippen molar-refractivity contribution in [1.29, 1.82) is 0 Å². The molecular weight excluding hydrogens is 496 g/mol. The molecule has 198 valence electrons. The number of nitrogens with two attached hydrogens (primary N) is 1. The van der Waals surface area contributed by atoms with Gasteiger partial charge in [0.2, 0.25) is 5.91 Å². The first kappa shape index (κ1) is 24.6. The van der Waals surface area contributed by atoms with E-state index in [1.165, 1.54) is 18.9 Å². The van der Waals surface area contributed by atoms with E-state index >= 15 is 0 Å². The molecule has 2 aliphatic rings. The van der Waals surface area contributed by atoms with Crippen LogP contribution in [0.2, 0.25) is 0 Å².